The highest BCUT2D eigenvalue weighted by Gasteiger charge is 2.30. The van der Waals surface area contributed by atoms with Crippen LogP contribution < -0.4 is 10.2 Å². The lowest BCUT2D eigenvalue weighted by Gasteiger charge is -2.32. The molecular weight excluding hydrogens is 378 g/mol. The van der Waals surface area contributed by atoms with Gasteiger partial charge in [-0.25, -0.2) is 0 Å². The molecule has 7 heteroatoms. The number of rotatable bonds is 6. The largest absolute Gasteiger partial charge is 0.345 e. The molecule has 3 heterocycles. The van der Waals surface area contributed by atoms with Crippen LogP contribution in [0.25, 0.3) is 0 Å². The van der Waals surface area contributed by atoms with Gasteiger partial charge in [-0.05, 0) is 44.6 Å². The Morgan fingerprint density at radius 3 is 2.53 bits per heavy atom. The quantitative estimate of drug-likeness (QED) is 0.745. The Hall–Kier alpha value is -2.64. The molecule has 4 rings (SSSR count). The predicted octanol–water partition coefficient (Wildman–Crippen LogP) is 3.06. The molecule has 1 aromatic carbocycles. The summed E-state index contributed by atoms with van der Waals surface area (Å²) in [4.78, 5) is 32.6. The van der Waals surface area contributed by atoms with Gasteiger partial charge in [-0.1, -0.05) is 18.6 Å². The molecule has 2 amide bonds. The normalized spacial score (nSPS) is 17.3. The number of para-hydroxylation sites is 2. The molecule has 7 nitrogen and oxygen atoms in total. The van der Waals surface area contributed by atoms with Crippen LogP contribution in [0, 0.1) is 0 Å². The molecule has 1 N–H and O–H groups in total. The lowest BCUT2D eigenvalue weighted by atomic mass is 10.1. The summed E-state index contributed by atoms with van der Waals surface area (Å²) in [6.07, 6.45) is 5.31. The smallest absolute Gasteiger partial charge is 0.274 e. The molecule has 0 radical (unpaired) electrons. The van der Waals surface area contributed by atoms with Crippen molar-refractivity contribution in [2.45, 2.75) is 25.7 Å². The average molecular weight is 410 g/mol. The number of aryl methyl sites for hydroxylation is 1. The van der Waals surface area contributed by atoms with E-state index < -0.39 is 0 Å². The van der Waals surface area contributed by atoms with Crippen molar-refractivity contribution in [1.29, 1.82) is 0 Å². The van der Waals surface area contributed by atoms with Gasteiger partial charge in [0, 0.05) is 45.8 Å². The van der Waals surface area contributed by atoms with Crippen LogP contribution in [0.5, 0.6) is 0 Å². The summed E-state index contributed by atoms with van der Waals surface area (Å²) in [5.41, 5.74) is 2.57. The molecular formula is C23H31N5O2. The lowest BCUT2D eigenvalue weighted by Crippen LogP contribution is -2.44. The summed E-state index contributed by atoms with van der Waals surface area (Å²) >= 11 is 0. The first kappa shape index (κ1) is 20.6. The van der Waals surface area contributed by atoms with Crippen LogP contribution in [0.2, 0.25) is 0 Å². The minimum Gasteiger partial charge on any atom is -0.345 e. The first-order valence-corrected chi connectivity index (χ1v) is 10.8. The van der Waals surface area contributed by atoms with Crippen molar-refractivity contribution in [3.63, 3.8) is 0 Å². The molecule has 160 valence electrons. The Balaban J connectivity index is 1.40. The number of hydrogen-bond donors (Lipinski definition) is 1. The third-order valence-electron chi connectivity index (χ3n) is 6.11. The average Bonchev–Trinajstić information content (AvgIpc) is 3.05. The van der Waals surface area contributed by atoms with Gasteiger partial charge >= 0.3 is 0 Å². The zero-order chi connectivity index (χ0) is 21.1. The van der Waals surface area contributed by atoms with Crippen molar-refractivity contribution in [2.75, 3.05) is 50.0 Å². The summed E-state index contributed by atoms with van der Waals surface area (Å²) in [5.74, 6) is -0.154. The number of anilines is 3. The summed E-state index contributed by atoms with van der Waals surface area (Å²) in [6.45, 7) is 5.66. The topological polar surface area (TPSA) is 60.8 Å². The molecule has 2 aromatic rings. The molecule has 0 saturated carbocycles. The van der Waals surface area contributed by atoms with Gasteiger partial charge in [0.15, 0.2) is 0 Å². The van der Waals surface area contributed by atoms with Gasteiger partial charge < -0.3 is 19.7 Å². The maximum absolute atomic E-state index is 13.3. The zero-order valence-electron chi connectivity index (χ0n) is 17.9. The molecule has 2 aliphatic rings. The van der Waals surface area contributed by atoms with Crippen LogP contribution in [0.1, 0.15) is 36.2 Å². The van der Waals surface area contributed by atoms with Crippen molar-refractivity contribution in [2.24, 2.45) is 7.05 Å². The number of amides is 2. The summed E-state index contributed by atoms with van der Waals surface area (Å²) in [7, 11) is 4.00. The molecule has 0 atom stereocenters. The molecule has 1 fully saturated rings. The Morgan fingerprint density at radius 2 is 1.73 bits per heavy atom. The summed E-state index contributed by atoms with van der Waals surface area (Å²) in [5, 5.41) is 2.94. The number of carbonyl (C=O) groups excluding carboxylic acids is 2. The fourth-order valence-electron chi connectivity index (χ4n) is 4.30. The van der Waals surface area contributed by atoms with E-state index in [0.717, 1.165) is 57.7 Å². The first-order chi connectivity index (χ1) is 14.5. The third kappa shape index (κ3) is 4.27. The van der Waals surface area contributed by atoms with Crippen molar-refractivity contribution in [3.05, 3.63) is 42.2 Å². The van der Waals surface area contributed by atoms with Crippen molar-refractivity contribution >= 4 is 28.9 Å². The maximum Gasteiger partial charge on any atom is 0.274 e. The second-order valence-corrected chi connectivity index (χ2v) is 8.32. The van der Waals surface area contributed by atoms with Crippen molar-refractivity contribution in [1.82, 2.24) is 14.4 Å². The van der Waals surface area contributed by atoms with E-state index in [1.54, 1.807) is 9.47 Å². The molecule has 1 saturated heterocycles. The first-order valence-electron chi connectivity index (χ1n) is 10.8. The van der Waals surface area contributed by atoms with Crippen LogP contribution >= 0.6 is 0 Å². The van der Waals surface area contributed by atoms with E-state index in [4.69, 9.17) is 0 Å². The number of fused-ring (bicyclic) bond motifs is 2. The minimum atomic E-state index is -0.188. The Kier molecular flexibility index (Phi) is 6.20. The maximum atomic E-state index is 13.3. The number of nitrogens with zero attached hydrogens (tertiary/aromatic N) is 4. The monoisotopic (exact) mass is 409 g/mol. The van der Waals surface area contributed by atoms with Gasteiger partial charge in [0.05, 0.1) is 17.1 Å². The Labute approximate surface area is 178 Å². The summed E-state index contributed by atoms with van der Waals surface area (Å²) < 4.78 is 1.77. The van der Waals surface area contributed by atoms with Crippen LogP contribution in [0.3, 0.4) is 0 Å². The predicted molar refractivity (Wildman–Crippen MR) is 119 cm³/mol. The number of aromatic nitrogens is 1. The molecule has 0 bridgehead atoms. The number of piperazine rings is 1. The minimum absolute atomic E-state index is 0.0333. The molecule has 1 aromatic heterocycles. The third-order valence-corrected chi connectivity index (χ3v) is 6.11. The van der Waals surface area contributed by atoms with Gasteiger partial charge in [0.25, 0.3) is 5.91 Å². The highest BCUT2D eigenvalue weighted by atomic mass is 16.2. The second kappa shape index (κ2) is 9.02. The van der Waals surface area contributed by atoms with Gasteiger partial charge in [-0.3, -0.25) is 14.5 Å². The van der Waals surface area contributed by atoms with Crippen LogP contribution in [-0.4, -0.2) is 66.0 Å². The second-order valence-electron chi connectivity index (χ2n) is 8.32. The number of hydrogen-bond acceptors (Lipinski definition) is 4. The van der Waals surface area contributed by atoms with Gasteiger partial charge in [0.1, 0.15) is 5.69 Å². The summed E-state index contributed by atoms with van der Waals surface area (Å²) in [6, 6.07) is 9.35. The van der Waals surface area contributed by atoms with E-state index in [-0.39, 0.29) is 11.8 Å². The van der Waals surface area contributed by atoms with Gasteiger partial charge in [-0.2, -0.15) is 0 Å². The fraction of sp³-hybridized carbons (Fsp3) is 0.478. The van der Waals surface area contributed by atoms with Gasteiger partial charge in [-0.15, -0.1) is 0 Å². The van der Waals surface area contributed by atoms with E-state index in [0.29, 0.717) is 23.5 Å². The van der Waals surface area contributed by atoms with E-state index in [2.05, 4.69) is 22.2 Å². The van der Waals surface area contributed by atoms with E-state index in [9.17, 15) is 9.59 Å². The van der Waals surface area contributed by atoms with E-state index in [1.165, 1.54) is 0 Å². The number of nitrogens with one attached hydrogen (secondary N) is 1. The number of benzene rings is 1. The zero-order valence-corrected chi connectivity index (χ0v) is 17.9. The molecule has 2 aliphatic heterocycles. The molecule has 30 heavy (non-hydrogen) atoms. The van der Waals surface area contributed by atoms with Crippen LogP contribution in [0.4, 0.5) is 17.1 Å². The SMILES string of the molecule is CN1CCN(CCCCCC(=O)N2c3ccccc3NC(=O)c3c2ccn3C)CC1. The highest BCUT2D eigenvalue weighted by molar-refractivity contribution is 6.17. The lowest BCUT2D eigenvalue weighted by molar-refractivity contribution is -0.118. The molecule has 0 spiro atoms. The van der Waals surface area contributed by atoms with Crippen LogP contribution in [0.15, 0.2) is 36.5 Å². The van der Waals surface area contributed by atoms with E-state index >= 15 is 0 Å². The Bertz CT molecular complexity index is 914. The van der Waals surface area contributed by atoms with Gasteiger partial charge in [0.2, 0.25) is 5.91 Å². The number of carbonyl (C=O) groups is 2. The van der Waals surface area contributed by atoms with Crippen molar-refractivity contribution < 1.29 is 9.59 Å². The van der Waals surface area contributed by atoms with Crippen LogP contribution in [-0.2, 0) is 11.8 Å². The fourth-order valence-corrected chi connectivity index (χ4v) is 4.30. The standard InChI is InChI=1S/C23H31N5O2/c1-25-14-16-27(17-15-25)12-7-3-4-10-21(29)28-19-9-6-5-8-18(19)24-23(30)22-20(28)11-13-26(22)2/h5-6,8-9,11,13H,3-4,7,10,12,14-17H2,1-2H3,(H,24,30). The molecule has 0 aliphatic carbocycles. The van der Waals surface area contributed by atoms with Crippen molar-refractivity contribution in [3.8, 4) is 0 Å². The highest BCUT2D eigenvalue weighted by Crippen LogP contribution is 2.38. The van der Waals surface area contributed by atoms with E-state index in [1.807, 2.05) is 43.6 Å². The Morgan fingerprint density at radius 1 is 0.967 bits per heavy atom. The number of likely N-dealkylation sites (N-methyl/N-ethyl adjacent to an activating group) is 1. The number of unbranched alkanes of at least 4 members (excludes halogenated alkanes) is 2. The molecule has 0 unspecified atom stereocenters.